The molecule has 3 aromatic rings. The van der Waals surface area contributed by atoms with Crippen molar-refractivity contribution in [3.63, 3.8) is 0 Å². The van der Waals surface area contributed by atoms with E-state index in [-0.39, 0.29) is 17.7 Å². The van der Waals surface area contributed by atoms with Gasteiger partial charge in [-0.05, 0) is 31.9 Å². The monoisotopic (exact) mass is 455 g/mol. The molecule has 1 aliphatic heterocycles. The summed E-state index contributed by atoms with van der Waals surface area (Å²) in [5.74, 6) is 0.587. The minimum absolute atomic E-state index is 0.0493. The topological polar surface area (TPSA) is 94.4 Å². The number of nitrogens with zero attached hydrogens (tertiary/aromatic N) is 2. The molecule has 0 spiro atoms. The third-order valence-corrected chi connectivity index (χ3v) is 6.97. The molecule has 1 aliphatic rings. The van der Waals surface area contributed by atoms with E-state index in [1.54, 1.807) is 42.3 Å². The second-order valence-electron chi connectivity index (χ2n) is 7.19. The summed E-state index contributed by atoms with van der Waals surface area (Å²) in [5, 5.41) is 16.3. The molecule has 1 unspecified atom stereocenters. The number of thiazole rings is 1. The van der Waals surface area contributed by atoms with E-state index in [1.165, 1.54) is 17.4 Å². The van der Waals surface area contributed by atoms with Gasteiger partial charge in [0.15, 0.2) is 5.13 Å². The molecule has 160 valence electrons. The van der Waals surface area contributed by atoms with E-state index < -0.39 is 4.92 Å². The quantitative estimate of drug-likeness (QED) is 0.285. The van der Waals surface area contributed by atoms with Crippen molar-refractivity contribution >= 4 is 39.8 Å². The number of aromatic nitrogens is 1. The summed E-state index contributed by atoms with van der Waals surface area (Å²) in [6.45, 7) is 2.51. The number of benzene rings is 2. The molecule has 1 atom stereocenters. The Balaban J connectivity index is 1.47. The number of amides is 1. The van der Waals surface area contributed by atoms with Crippen molar-refractivity contribution in [2.24, 2.45) is 0 Å². The van der Waals surface area contributed by atoms with Crippen LogP contribution in [-0.4, -0.2) is 34.3 Å². The Morgan fingerprint density at radius 1 is 1.35 bits per heavy atom. The number of nitrogens with one attached hydrogen (secondary N) is 1. The zero-order valence-electron chi connectivity index (χ0n) is 16.9. The number of aryl methyl sites for hydroxylation is 1. The Morgan fingerprint density at radius 2 is 2.19 bits per heavy atom. The maximum Gasteiger partial charge on any atom is 0.272 e. The number of anilines is 1. The van der Waals surface area contributed by atoms with Gasteiger partial charge in [-0.25, -0.2) is 4.98 Å². The Hall–Kier alpha value is -2.75. The van der Waals surface area contributed by atoms with Gasteiger partial charge in [0.05, 0.1) is 22.3 Å². The normalized spacial score (nSPS) is 15.7. The number of ether oxygens (including phenoxy) is 1. The molecule has 2 aromatic carbocycles. The smallest absolute Gasteiger partial charge is 0.272 e. The van der Waals surface area contributed by atoms with Crippen LogP contribution in [0.1, 0.15) is 28.8 Å². The number of rotatable bonds is 7. The van der Waals surface area contributed by atoms with E-state index in [0.29, 0.717) is 27.5 Å². The highest BCUT2D eigenvalue weighted by molar-refractivity contribution is 7.99. The van der Waals surface area contributed by atoms with Gasteiger partial charge in [-0.3, -0.25) is 20.2 Å². The van der Waals surface area contributed by atoms with Gasteiger partial charge < -0.3 is 4.74 Å². The molecule has 4 rings (SSSR count). The lowest BCUT2D eigenvalue weighted by molar-refractivity contribution is -0.385. The summed E-state index contributed by atoms with van der Waals surface area (Å²) < 4.78 is 5.67. The minimum atomic E-state index is -0.404. The predicted octanol–water partition coefficient (Wildman–Crippen LogP) is 5.55. The van der Waals surface area contributed by atoms with Crippen molar-refractivity contribution in [1.82, 2.24) is 4.98 Å². The van der Waals surface area contributed by atoms with Crippen molar-refractivity contribution in [2.75, 3.05) is 17.7 Å². The lowest BCUT2D eigenvalue weighted by atomic mass is 10.1. The number of carbonyl (C=O) groups is 1. The molecule has 1 N–H and O–H groups in total. The van der Waals surface area contributed by atoms with E-state index in [1.807, 2.05) is 18.2 Å². The maximum absolute atomic E-state index is 12.9. The van der Waals surface area contributed by atoms with Gasteiger partial charge in [-0.2, -0.15) is 0 Å². The van der Waals surface area contributed by atoms with Gasteiger partial charge in [-0.1, -0.05) is 24.3 Å². The van der Waals surface area contributed by atoms with E-state index in [4.69, 9.17) is 4.74 Å². The number of hydrogen-bond acceptors (Lipinski definition) is 7. The highest BCUT2D eigenvalue weighted by atomic mass is 32.2. The molecule has 31 heavy (non-hydrogen) atoms. The molecule has 0 saturated carbocycles. The Labute approximate surface area is 188 Å². The third kappa shape index (κ3) is 5.12. The predicted molar refractivity (Wildman–Crippen MR) is 123 cm³/mol. The van der Waals surface area contributed by atoms with Gasteiger partial charge in [0.2, 0.25) is 0 Å². The fourth-order valence-electron chi connectivity index (χ4n) is 3.33. The van der Waals surface area contributed by atoms with Crippen molar-refractivity contribution < 1.29 is 14.5 Å². The van der Waals surface area contributed by atoms with Crippen LogP contribution in [0.4, 0.5) is 10.8 Å². The number of carbonyl (C=O) groups excluding carboxylic acids is 1. The zero-order valence-corrected chi connectivity index (χ0v) is 18.5. The maximum atomic E-state index is 12.9. The standard InChI is InChI=1S/C22H21N3O4S2/c1-14-8-9-15(11-19(14)25(27)28)18-13-31-22(23-18)24-21(26)17-6-2-3-7-20(17)30-12-16-5-4-10-29-16/h2-3,6-9,11,13,16H,4-5,10,12H2,1H3,(H,23,24,26). The molecule has 2 heterocycles. The summed E-state index contributed by atoms with van der Waals surface area (Å²) in [6.07, 6.45) is 2.38. The van der Waals surface area contributed by atoms with Gasteiger partial charge in [0.25, 0.3) is 11.6 Å². The minimum Gasteiger partial charge on any atom is -0.377 e. The third-order valence-electron chi connectivity index (χ3n) is 5.01. The van der Waals surface area contributed by atoms with Gasteiger partial charge in [-0.15, -0.1) is 23.1 Å². The SMILES string of the molecule is Cc1ccc(-c2csc(NC(=O)c3ccccc3SCC3CCCO3)n2)cc1[N+](=O)[O-]. The number of hydrogen-bond donors (Lipinski definition) is 1. The van der Waals surface area contributed by atoms with Crippen LogP contribution in [0.2, 0.25) is 0 Å². The summed E-state index contributed by atoms with van der Waals surface area (Å²) >= 11 is 2.91. The second-order valence-corrected chi connectivity index (χ2v) is 9.11. The van der Waals surface area contributed by atoms with E-state index in [0.717, 1.165) is 30.1 Å². The summed E-state index contributed by atoms with van der Waals surface area (Å²) in [7, 11) is 0. The molecule has 0 radical (unpaired) electrons. The van der Waals surface area contributed by atoms with Gasteiger partial charge in [0, 0.05) is 39.8 Å². The molecule has 1 amide bonds. The van der Waals surface area contributed by atoms with E-state index in [2.05, 4.69) is 10.3 Å². The number of nitro groups is 1. The van der Waals surface area contributed by atoms with Crippen LogP contribution < -0.4 is 5.32 Å². The fraction of sp³-hybridized carbons (Fsp3) is 0.273. The van der Waals surface area contributed by atoms with Crippen LogP contribution in [0.3, 0.4) is 0 Å². The Kier molecular flexibility index (Phi) is 6.64. The van der Waals surface area contributed by atoms with Crippen LogP contribution >= 0.6 is 23.1 Å². The molecule has 9 heteroatoms. The molecule has 0 bridgehead atoms. The van der Waals surface area contributed by atoms with Crippen LogP contribution in [0.15, 0.2) is 52.7 Å². The first-order valence-electron chi connectivity index (χ1n) is 9.87. The molecule has 7 nitrogen and oxygen atoms in total. The average Bonchev–Trinajstić information content (AvgIpc) is 3.45. The Bertz CT molecular complexity index is 1110. The van der Waals surface area contributed by atoms with Crippen molar-refractivity contribution in [3.05, 3.63) is 69.1 Å². The summed E-state index contributed by atoms with van der Waals surface area (Å²) in [4.78, 5) is 29.0. The molecule has 1 aromatic heterocycles. The summed E-state index contributed by atoms with van der Waals surface area (Å²) in [5.41, 5.74) is 2.46. The Morgan fingerprint density at radius 3 is 2.97 bits per heavy atom. The second kappa shape index (κ2) is 9.59. The zero-order chi connectivity index (χ0) is 21.8. The molecule has 0 aliphatic carbocycles. The molecular weight excluding hydrogens is 434 g/mol. The molecule has 1 saturated heterocycles. The van der Waals surface area contributed by atoms with Gasteiger partial charge >= 0.3 is 0 Å². The van der Waals surface area contributed by atoms with E-state index >= 15 is 0 Å². The van der Waals surface area contributed by atoms with Crippen LogP contribution in [0.5, 0.6) is 0 Å². The van der Waals surface area contributed by atoms with Gasteiger partial charge in [0.1, 0.15) is 0 Å². The first-order valence-corrected chi connectivity index (χ1v) is 11.7. The fourth-order valence-corrected chi connectivity index (χ4v) is 5.17. The molecule has 1 fully saturated rings. The van der Waals surface area contributed by atoms with E-state index in [9.17, 15) is 14.9 Å². The van der Waals surface area contributed by atoms with Crippen LogP contribution in [0.25, 0.3) is 11.3 Å². The highest BCUT2D eigenvalue weighted by Crippen LogP contribution is 2.31. The van der Waals surface area contributed by atoms with Crippen LogP contribution in [0, 0.1) is 17.0 Å². The molecular formula is C22H21N3O4S2. The lowest BCUT2D eigenvalue weighted by Gasteiger charge is -2.11. The average molecular weight is 456 g/mol. The number of nitro benzene ring substituents is 1. The lowest BCUT2D eigenvalue weighted by Crippen LogP contribution is -2.14. The largest absolute Gasteiger partial charge is 0.377 e. The van der Waals surface area contributed by atoms with Crippen molar-refractivity contribution in [2.45, 2.75) is 30.8 Å². The number of thioether (sulfide) groups is 1. The van der Waals surface area contributed by atoms with Crippen molar-refractivity contribution in [1.29, 1.82) is 0 Å². The first kappa shape index (κ1) is 21.5. The highest BCUT2D eigenvalue weighted by Gasteiger charge is 2.19. The van der Waals surface area contributed by atoms with Crippen LogP contribution in [-0.2, 0) is 4.74 Å². The summed E-state index contributed by atoms with van der Waals surface area (Å²) in [6, 6.07) is 12.5. The van der Waals surface area contributed by atoms with Crippen molar-refractivity contribution in [3.8, 4) is 11.3 Å². The first-order chi connectivity index (χ1) is 15.0.